The van der Waals surface area contributed by atoms with E-state index in [-0.39, 0.29) is 41.9 Å². The Balaban J connectivity index is 1.66. The second kappa shape index (κ2) is 11.8. The van der Waals surface area contributed by atoms with E-state index in [0.29, 0.717) is 49.7 Å². The van der Waals surface area contributed by atoms with Crippen LogP contribution in [0.4, 0.5) is 11.4 Å². The number of nitrogens with one attached hydrogen (secondary N) is 1. The van der Waals surface area contributed by atoms with Crippen molar-refractivity contribution < 1.29 is 29.3 Å². The van der Waals surface area contributed by atoms with Crippen molar-refractivity contribution in [2.24, 2.45) is 5.92 Å². The average Bonchev–Trinajstić information content (AvgIpc) is 3.70. The highest BCUT2D eigenvalue weighted by molar-refractivity contribution is 6.01. The summed E-state index contributed by atoms with van der Waals surface area (Å²) in [5, 5.41) is 23.4. The minimum absolute atomic E-state index is 0.0103. The Morgan fingerprint density at radius 1 is 1.22 bits per heavy atom. The fraction of sp³-hybridized carbons (Fsp3) is 0.500. The van der Waals surface area contributed by atoms with Gasteiger partial charge in [0.15, 0.2) is 6.61 Å². The van der Waals surface area contributed by atoms with E-state index in [9.17, 15) is 19.8 Å². The first kappa shape index (κ1) is 26.8. The predicted octanol–water partition coefficient (Wildman–Crippen LogP) is 3.38. The number of carbonyl (C=O) groups excluding carboxylic acids is 2. The zero-order chi connectivity index (χ0) is 26.5. The fourth-order valence-corrected chi connectivity index (χ4v) is 4.87. The molecule has 0 saturated heterocycles. The third-order valence-electron chi connectivity index (χ3n) is 7.03. The van der Waals surface area contributed by atoms with Crippen molar-refractivity contribution >= 4 is 23.2 Å². The lowest BCUT2D eigenvalue weighted by molar-refractivity contribution is -0.123. The summed E-state index contributed by atoms with van der Waals surface area (Å²) in [6.45, 7) is 6.13. The standard InChI is InChI=1S/C28H37N3O6/c1-4-29-16-24(18(2)19-12-22(32)15-23(33)13-19)28(35)31(20-6-7-20)21-8-9-26-25(14-21)30(10-5-11-36-3)27(34)17-37-26/h8-9,12-15,18,20,24,29,32-33H,4-7,10-11,16-17H2,1-3H3/t18-,24+/m1/s1. The van der Waals surface area contributed by atoms with Gasteiger partial charge >= 0.3 is 0 Å². The van der Waals surface area contributed by atoms with Crippen molar-refractivity contribution in [3.8, 4) is 17.2 Å². The molecule has 1 aliphatic carbocycles. The lowest BCUT2D eigenvalue weighted by atomic mass is 9.85. The first-order valence-corrected chi connectivity index (χ1v) is 13.0. The molecule has 3 N–H and O–H groups in total. The van der Waals surface area contributed by atoms with Gasteiger partial charge in [-0.2, -0.15) is 0 Å². The molecule has 1 aliphatic heterocycles. The van der Waals surface area contributed by atoms with Crippen molar-refractivity contribution in [3.63, 3.8) is 0 Å². The van der Waals surface area contributed by atoms with E-state index in [0.717, 1.165) is 18.5 Å². The Bertz CT molecular complexity index is 1100. The third-order valence-corrected chi connectivity index (χ3v) is 7.03. The van der Waals surface area contributed by atoms with Crippen LogP contribution in [0.5, 0.6) is 17.2 Å². The van der Waals surface area contributed by atoms with Crippen molar-refractivity contribution in [3.05, 3.63) is 42.0 Å². The first-order chi connectivity index (χ1) is 17.8. The number of aromatic hydroxyl groups is 2. The Morgan fingerprint density at radius 3 is 2.59 bits per heavy atom. The third kappa shape index (κ3) is 6.17. The van der Waals surface area contributed by atoms with Crippen LogP contribution in [0.3, 0.4) is 0 Å². The Kier molecular flexibility index (Phi) is 8.56. The highest BCUT2D eigenvalue weighted by Gasteiger charge is 2.40. The van der Waals surface area contributed by atoms with Gasteiger partial charge in [-0.25, -0.2) is 0 Å². The summed E-state index contributed by atoms with van der Waals surface area (Å²) in [5.74, 6) is -0.309. The van der Waals surface area contributed by atoms with Crippen molar-refractivity contribution in [2.45, 2.75) is 45.1 Å². The molecule has 2 aliphatic rings. The number of phenolic OH excluding ortho intramolecular Hbond substituents is 2. The van der Waals surface area contributed by atoms with Crippen LogP contribution in [-0.2, 0) is 14.3 Å². The largest absolute Gasteiger partial charge is 0.508 e. The van der Waals surface area contributed by atoms with Crippen molar-refractivity contribution in [2.75, 3.05) is 49.8 Å². The number of hydrogen-bond donors (Lipinski definition) is 3. The van der Waals surface area contributed by atoms with Crippen LogP contribution in [0.15, 0.2) is 36.4 Å². The number of methoxy groups -OCH3 is 1. The SMILES string of the molecule is CCNC[C@H](C(=O)N(c1ccc2c(c1)N(CCCOC)C(=O)CO2)C1CC1)[C@H](C)c1cc(O)cc(O)c1. The number of carbonyl (C=O) groups is 2. The number of anilines is 2. The van der Waals surface area contributed by atoms with Crippen LogP contribution < -0.4 is 19.9 Å². The van der Waals surface area contributed by atoms with E-state index in [2.05, 4.69) is 5.32 Å². The van der Waals surface area contributed by atoms with Crippen LogP contribution in [0.1, 0.15) is 44.6 Å². The molecule has 0 spiro atoms. The van der Waals surface area contributed by atoms with Crippen LogP contribution in [0.2, 0.25) is 0 Å². The van der Waals surface area contributed by atoms with Gasteiger partial charge in [-0.15, -0.1) is 0 Å². The quantitative estimate of drug-likeness (QED) is 0.375. The molecule has 2 atom stereocenters. The Hall–Kier alpha value is -3.30. The molecule has 9 heteroatoms. The summed E-state index contributed by atoms with van der Waals surface area (Å²) in [5.41, 5.74) is 2.09. The molecule has 4 rings (SSSR count). The molecule has 37 heavy (non-hydrogen) atoms. The summed E-state index contributed by atoms with van der Waals surface area (Å²) >= 11 is 0. The second-order valence-electron chi connectivity index (χ2n) is 9.76. The van der Waals surface area contributed by atoms with Crippen LogP contribution in [-0.4, -0.2) is 68.0 Å². The van der Waals surface area contributed by atoms with Gasteiger partial charge in [-0.05, 0) is 67.6 Å². The second-order valence-corrected chi connectivity index (χ2v) is 9.76. The number of fused-ring (bicyclic) bond motifs is 1. The van der Waals surface area contributed by atoms with Crippen LogP contribution in [0, 0.1) is 5.92 Å². The van der Waals surface area contributed by atoms with Crippen LogP contribution >= 0.6 is 0 Å². The highest BCUT2D eigenvalue weighted by atomic mass is 16.5. The minimum atomic E-state index is -0.437. The van der Waals surface area contributed by atoms with E-state index in [1.54, 1.807) is 24.1 Å². The summed E-state index contributed by atoms with van der Waals surface area (Å²) in [4.78, 5) is 30.4. The maximum atomic E-state index is 14.2. The van der Waals surface area contributed by atoms with Crippen molar-refractivity contribution in [1.29, 1.82) is 0 Å². The van der Waals surface area contributed by atoms with E-state index in [1.807, 2.05) is 36.9 Å². The summed E-state index contributed by atoms with van der Waals surface area (Å²) in [7, 11) is 1.63. The molecule has 2 aromatic rings. The molecule has 2 amide bonds. The Labute approximate surface area is 218 Å². The molecular weight excluding hydrogens is 474 g/mol. The molecule has 1 saturated carbocycles. The van der Waals surface area contributed by atoms with Crippen molar-refractivity contribution in [1.82, 2.24) is 5.32 Å². The number of hydrogen-bond acceptors (Lipinski definition) is 7. The lowest BCUT2D eigenvalue weighted by Crippen LogP contribution is -2.44. The lowest BCUT2D eigenvalue weighted by Gasteiger charge is -2.34. The van der Waals surface area contributed by atoms with Gasteiger partial charge in [-0.1, -0.05) is 13.8 Å². The number of nitrogens with zero attached hydrogens (tertiary/aromatic N) is 2. The van der Waals surface area contributed by atoms with E-state index >= 15 is 0 Å². The predicted molar refractivity (Wildman–Crippen MR) is 142 cm³/mol. The monoisotopic (exact) mass is 511 g/mol. The fourth-order valence-electron chi connectivity index (χ4n) is 4.87. The molecule has 9 nitrogen and oxygen atoms in total. The van der Waals surface area contributed by atoms with E-state index in [1.165, 1.54) is 6.07 Å². The summed E-state index contributed by atoms with van der Waals surface area (Å²) in [6.07, 6.45) is 2.51. The van der Waals surface area contributed by atoms with Crippen LogP contribution in [0.25, 0.3) is 0 Å². The first-order valence-electron chi connectivity index (χ1n) is 13.0. The number of amides is 2. The molecular formula is C28H37N3O6. The number of ether oxygens (including phenoxy) is 2. The molecule has 0 aromatic heterocycles. The van der Waals surface area contributed by atoms with Gasteiger partial charge in [0.25, 0.3) is 5.91 Å². The number of benzene rings is 2. The molecule has 0 bridgehead atoms. The highest BCUT2D eigenvalue weighted by Crippen LogP contribution is 2.41. The van der Waals surface area contributed by atoms with Gasteiger partial charge in [0.1, 0.15) is 17.2 Å². The smallest absolute Gasteiger partial charge is 0.265 e. The average molecular weight is 512 g/mol. The maximum Gasteiger partial charge on any atom is 0.265 e. The molecule has 2 aromatic carbocycles. The van der Waals surface area contributed by atoms with Gasteiger partial charge in [0.05, 0.1) is 11.6 Å². The van der Waals surface area contributed by atoms with Gasteiger partial charge in [-0.3, -0.25) is 9.59 Å². The van der Waals surface area contributed by atoms with Gasteiger partial charge < -0.3 is 34.8 Å². The number of phenols is 2. The normalized spacial score (nSPS) is 16.6. The minimum Gasteiger partial charge on any atom is -0.508 e. The molecule has 200 valence electrons. The zero-order valence-corrected chi connectivity index (χ0v) is 21.8. The zero-order valence-electron chi connectivity index (χ0n) is 21.8. The molecule has 1 heterocycles. The molecule has 0 unspecified atom stereocenters. The summed E-state index contributed by atoms with van der Waals surface area (Å²) < 4.78 is 10.8. The van der Waals surface area contributed by atoms with E-state index < -0.39 is 5.92 Å². The Morgan fingerprint density at radius 2 is 1.95 bits per heavy atom. The molecule has 0 radical (unpaired) electrons. The van der Waals surface area contributed by atoms with Gasteiger partial charge in [0, 0.05) is 44.6 Å². The van der Waals surface area contributed by atoms with E-state index in [4.69, 9.17) is 9.47 Å². The molecule has 1 fully saturated rings. The number of rotatable bonds is 12. The topological polar surface area (TPSA) is 112 Å². The summed E-state index contributed by atoms with van der Waals surface area (Å²) in [6, 6.07) is 10.1. The van der Waals surface area contributed by atoms with Gasteiger partial charge in [0.2, 0.25) is 5.91 Å². The maximum absolute atomic E-state index is 14.2.